The highest BCUT2D eigenvalue weighted by molar-refractivity contribution is 7.99. The van der Waals surface area contributed by atoms with Gasteiger partial charge in [-0.2, -0.15) is 0 Å². The molecule has 2 amide bonds. The van der Waals surface area contributed by atoms with Gasteiger partial charge < -0.3 is 10.2 Å². The third kappa shape index (κ3) is 4.85. The van der Waals surface area contributed by atoms with E-state index in [2.05, 4.69) is 15.5 Å². The highest BCUT2D eigenvalue weighted by Gasteiger charge is 2.17. The minimum absolute atomic E-state index is 0.109. The van der Waals surface area contributed by atoms with Crippen molar-refractivity contribution in [2.24, 2.45) is 0 Å². The van der Waals surface area contributed by atoms with Crippen LogP contribution >= 0.6 is 11.8 Å². The molecule has 1 saturated heterocycles. The van der Waals surface area contributed by atoms with Crippen molar-refractivity contribution < 1.29 is 9.59 Å². The zero-order chi connectivity index (χ0) is 18.4. The van der Waals surface area contributed by atoms with E-state index in [0.717, 1.165) is 31.6 Å². The molecular weight excluding hydrogens is 350 g/mol. The summed E-state index contributed by atoms with van der Waals surface area (Å²) in [6.07, 6.45) is 4.16. The molecule has 138 valence electrons. The van der Waals surface area contributed by atoms with Crippen LogP contribution in [0.3, 0.4) is 0 Å². The lowest BCUT2D eigenvalue weighted by Gasteiger charge is -2.15. The first-order chi connectivity index (χ1) is 12.6. The van der Waals surface area contributed by atoms with Gasteiger partial charge in [0, 0.05) is 31.7 Å². The summed E-state index contributed by atoms with van der Waals surface area (Å²) in [4.78, 5) is 25.8. The zero-order valence-corrected chi connectivity index (χ0v) is 15.7. The van der Waals surface area contributed by atoms with E-state index in [0.29, 0.717) is 18.1 Å². The fraction of sp³-hybridized carbons (Fsp3) is 0.444. The molecule has 8 heteroatoms. The number of nitrogens with one attached hydrogen (secondary N) is 1. The van der Waals surface area contributed by atoms with Gasteiger partial charge in [0.05, 0.1) is 5.75 Å². The van der Waals surface area contributed by atoms with Crippen LogP contribution in [0, 0.1) is 6.92 Å². The summed E-state index contributed by atoms with van der Waals surface area (Å²) < 4.78 is 1.86. The van der Waals surface area contributed by atoms with Gasteiger partial charge in [-0.3, -0.25) is 14.2 Å². The van der Waals surface area contributed by atoms with Gasteiger partial charge in [-0.15, -0.1) is 10.2 Å². The number of aromatic nitrogens is 3. The summed E-state index contributed by atoms with van der Waals surface area (Å²) in [6, 6.07) is 8.03. The Morgan fingerprint density at radius 2 is 1.92 bits per heavy atom. The number of carbonyl (C=O) groups excluding carboxylic acids is 2. The van der Waals surface area contributed by atoms with Gasteiger partial charge in [-0.25, -0.2) is 0 Å². The average molecular weight is 373 g/mol. The van der Waals surface area contributed by atoms with Crippen LogP contribution in [0.2, 0.25) is 0 Å². The maximum Gasteiger partial charge on any atom is 0.230 e. The Balaban J connectivity index is 1.44. The van der Waals surface area contributed by atoms with E-state index in [-0.39, 0.29) is 17.6 Å². The smallest absolute Gasteiger partial charge is 0.230 e. The maximum absolute atomic E-state index is 12.0. The van der Waals surface area contributed by atoms with E-state index >= 15 is 0 Å². The van der Waals surface area contributed by atoms with E-state index in [1.165, 1.54) is 17.3 Å². The van der Waals surface area contributed by atoms with Crippen molar-refractivity contribution in [2.75, 3.05) is 25.4 Å². The molecule has 1 aromatic carbocycles. The van der Waals surface area contributed by atoms with Gasteiger partial charge in [0.25, 0.3) is 0 Å². The summed E-state index contributed by atoms with van der Waals surface area (Å²) >= 11 is 1.33. The summed E-state index contributed by atoms with van der Waals surface area (Å²) in [5, 5.41) is 11.5. The molecule has 0 spiro atoms. The van der Waals surface area contributed by atoms with Crippen LogP contribution in [-0.2, 0) is 9.59 Å². The second-order valence-electron chi connectivity index (χ2n) is 6.30. The number of hydrogen-bond acceptors (Lipinski definition) is 5. The fourth-order valence-corrected chi connectivity index (χ4v) is 3.58. The van der Waals surface area contributed by atoms with E-state index in [4.69, 9.17) is 0 Å². The topological polar surface area (TPSA) is 80.1 Å². The van der Waals surface area contributed by atoms with Gasteiger partial charge in [0.1, 0.15) is 6.33 Å². The first-order valence-corrected chi connectivity index (χ1v) is 9.76. The van der Waals surface area contributed by atoms with E-state index in [1.54, 1.807) is 6.33 Å². The lowest BCUT2D eigenvalue weighted by atomic mass is 10.2. The number of hydrogen-bond donors (Lipinski definition) is 1. The predicted octanol–water partition coefficient (Wildman–Crippen LogP) is 1.80. The molecule has 0 aliphatic carbocycles. The molecule has 2 aromatic rings. The van der Waals surface area contributed by atoms with Crippen molar-refractivity contribution in [1.82, 2.24) is 25.0 Å². The summed E-state index contributed by atoms with van der Waals surface area (Å²) in [6.45, 7) is 4.10. The minimum Gasteiger partial charge on any atom is -0.355 e. The van der Waals surface area contributed by atoms with E-state index < -0.39 is 0 Å². The SMILES string of the molecule is Cc1ccc(-n2cnnc2SCC(=O)NCCC(=O)N2CCCC2)cc1. The number of amides is 2. The lowest BCUT2D eigenvalue weighted by molar-refractivity contribution is -0.130. The Labute approximate surface area is 157 Å². The Morgan fingerprint density at radius 1 is 1.19 bits per heavy atom. The van der Waals surface area contributed by atoms with Crippen molar-refractivity contribution in [1.29, 1.82) is 0 Å². The molecule has 1 fully saturated rings. The van der Waals surface area contributed by atoms with E-state index in [1.807, 2.05) is 40.7 Å². The fourth-order valence-electron chi connectivity index (χ4n) is 2.82. The van der Waals surface area contributed by atoms with Gasteiger partial charge in [-0.1, -0.05) is 29.5 Å². The third-order valence-electron chi connectivity index (χ3n) is 4.28. The molecule has 0 unspecified atom stereocenters. The molecule has 3 rings (SSSR count). The van der Waals surface area contributed by atoms with Crippen LogP contribution in [-0.4, -0.2) is 56.9 Å². The number of benzene rings is 1. The molecule has 0 radical (unpaired) electrons. The highest BCUT2D eigenvalue weighted by atomic mass is 32.2. The normalized spacial score (nSPS) is 13.8. The van der Waals surface area contributed by atoms with Crippen LogP contribution in [0.4, 0.5) is 0 Å². The Kier molecular flexibility index (Phi) is 6.27. The molecule has 1 aromatic heterocycles. The van der Waals surface area contributed by atoms with Crippen molar-refractivity contribution in [3.8, 4) is 5.69 Å². The van der Waals surface area contributed by atoms with Gasteiger partial charge >= 0.3 is 0 Å². The molecule has 1 aliphatic heterocycles. The van der Waals surface area contributed by atoms with Crippen LogP contribution in [0.15, 0.2) is 35.7 Å². The second kappa shape index (κ2) is 8.84. The zero-order valence-electron chi connectivity index (χ0n) is 14.9. The largest absolute Gasteiger partial charge is 0.355 e. The monoisotopic (exact) mass is 373 g/mol. The van der Waals surface area contributed by atoms with Crippen molar-refractivity contribution in [3.63, 3.8) is 0 Å². The molecule has 0 bridgehead atoms. The maximum atomic E-state index is 12.0. The van der Waals surface area contributed by atoms with Crippen LogP contribution < -0.4 is 5.32 Å². The number of rotatable bonds is 7. The molecule has 0 atom stereocenters. The third-order valence-corrected chi connectivity index (χ3v) is 5.22. The first kappa shape index (κ1) is 18.4. The molecular formula is C18H23N5O2S. The quantitative estimate of drug-likeness (QED) is 0.749. The molecule has 2 heterocycles. The molecule has 1 aliphatic rings. The number of carbonyl (C=O) groups is 2. The molecule has 0 saturated carbocycles. The van der Waals surface area contributed by atoms with Gasteiger partial charge in [0.2, 0.25) is 11.8 Å². The Morgan fingerprint density at radius 3 is 2.65 bits per heavy atom. The summed E-state index contributed by atoms with van der Waals surface area (Å²) in [5.74, 6) is 0.250. The lowest BCUT2D eigenvalue weighted by Crippen LogP contribution is -2.33. The van der Waals surface area contributed by atoms with E-state index in [9.17, 15) is 9.59 Å². The standard InChI is InChI=1S/C18H23N5O2S/c1-14-4-6-15(7-5-14)23-13-20-21-18(23)26-12-16(24)19-9-8-17(25)22-10-2-3-11-22/h4-7,13H,2-3,8-12H2,1H3,(H,19,24). The van der Waals surface area contributed by atoms with Gasteiger partial charge in [0.15, 0.2) is 5.16 Å². The van der Waals surface area contributed by atoms with Crippen molar-refractivity contribution in [3.05, 3.63) is 36.2 Å². The molecule has 1 N–H and O–H groups in total. The minimum atomic E-state index is -0.109. The van der Waals surface area contributed by atoms with Gasteiger partial charge in [-0.05, 0) is 31.9 Å². The molecule has 7 nitrogen and oxygen atoms in total. The van der Waals surface area contributed by atoms with Crippen LogP contribution in [0.1, 0.15) is 24.8 Å². The number of likely N-dealkylation sites (tertiary alicyclic amines) is 1. The number of aryl methyl sites for hydroxylation is 1. The second-order valence-corrected chi connectivity index (χ2v) is 7.24. The predicted molar refractivity (Wildman–Crippen MR) is 100 cm³/mol. The van der Waals surface area contributed by atoms with Crippen LogP contribution in [0.5, 0.6) is 0 Å². The number of thioether (sulfide) groups is 1. The summed E-state index contributed by atoms with van der Waals surface area (Å²) in [7, 11) is 0. The Bertz CT molecular complexity index is 753. The van der Waals surface area contributed by atoms with Crippen LogP contribution in [0.25, 0.3) is 5.69 Å². The summed E-state index contributed by atoms with van der Waals surface area (Å²) in [5.41, 5.74) is 2.14. The van der Waals surface area contributed by atoms with Crippen molar-refractivity contribution >= 4 is 23.6 Å². The highest BCUT2D eigenvalue weighted by Crippen LogP contribution is 2.19. The average Bonchev–Trinajstić information content (AvgIpc) is 3.32. The molecule has 26 heavy (non-hydrogen) atoms. The first-order valence-electron chi connectivity index (χ1n) is 8.78. The number of nitrogens with zero attached hydrogens (tertiary/aromatic N) is 4. The Hall–Kier alpha value is -2.35. The van der Waals surface area contributed by atoms with Crippen molar-refractivity contribution in [2.45, 2.75) is 31.3 Å².